The number of urea groups is 1. The molecule has 2 aromatic rings. The number of rotatable bonds is 6. The zero-order valence-electron chi connectivity index (χ0n) is 17.5. The third kappa shape index (κ3) is 5.21. The zero-order chi connectivity index (χ0) is 20.8. The summed E-state index contributed by atoms with van der Waals surface area (Å²) < 4.78 is 11.6. The lowest BCUT2D eigenvalue weighted by atomic mass is 10.2. The molecule has 1 aliphatic carbocycles. The van der Waals surface area contributed by atoms with Crippen LogP contribution in [0, 0.1) is 0 Å². The molecular weight excluding hydrogens is 380 g/mol. The van der Waals surface area contributed by atoms with Gasteiger partial charge in [-0.25, -0.2) is 4.79 Å². The molecule has 1 saturated heterocycles. The number of ether oxygens (including phenoxy) is 2. The van der Waals surface area contributed by atoms with Gasteiger partial charge in [-0.3, -0.25) is 9.88 Å². The quantitative estimate of drug-likeness (QED) is 0.785. The number of amides is 2. The molecule has 4 rings (SSSR count). The average Bonchev–Trinajstić information content (AvgIpc) is 3.28. The molecule has 1 aliphatic heterocycles. The fourth-order valence-corrected chi connectivity index (χ4v) is 4.09. The van der Waals surface area contributed by atoms with E-state index in [1.54, 1.807) is 7.11 Å². The van der Waals surface area contributed by atoms with Crippen LogP contribution in [0.5, 0.6) is 11.5 Å². The van der Waals surface area contributed by atoms with Crippen LogP contribution in [0.15, 0.2) is 42.7 Å². The normalized spacial score (nSPS) is 17.7. The first-order valence-electron chi connectivity index (χ1n) is 10.7. The summed E-state index contributed by atoms with van der Waals surface area (Å²) >= 11 is 0. The summed E-state index contributed by atoms with van der Waals surface area (Å²) in [6.07, 6.45) is 8.43. The first kappa shape index (κ1) is 20.5. The minimum atomic E-state index is -0.0736. The van der Waals surface area contributed by atoms with E-state index >= 15 is 0 Å². The van der Waals surface area contributed by atoms with E-state index in [9.17, 15) is 4.79 Å². The van der Waals surface area contributed by atoms with Gasteiger partial charge < -0.3 is 19.7 Å². The number of carbonyl (C=O) groups excluding carboxylic acids is 1. The second kappa shape index (κ2) is 9.80. The summed E-state index contributed by atoms with van der Waals surface area (Å²) in [6.45, 7) is 4.01. The lowest BCUT2D eigenvalue weighted by molar-refractivity contribution is 0.143. The molecule has 7 heteroatoms. The van der Waals surface area contributed by atoms with Crippen molar-refractivity contribution in [2.24, 2.45) is 0 Å². The lowest BCUT2D eigenvalue weighted by Crippen LogP contribution is -2.49. The Labute approximate surface area is 178 Å². The Kier molecular flexibility index (Phi) is 6.69. The molecule has 1 saturated carbocycles. The number of aromatic nitrogens is 1. The maximum atomic E-state index is 12.8. The van der Waals surface area contributed by atoms with Crippen LogP contribution in [-0.2, 0) is 6.54 Å². The minimum Gasteiger partial charge on any atom is -0.493 e. The largest absolute Gasteiger partial charge is 0.493 e. The molecule has 7 nitrogen and oxygen atoms in total. The third-order valence-corrected chi connectivity index (χ3v) is 5.83. The molecule has 1 N–H and O–H groups in total. The Morgan fingerprint density at radius 1 is 1.07 bits per heavy atom. The van der Waals surface area contributed by atoms with Crippen molar-refractivity contribution >= 4 is 11.7 Å². The molecule has 2 amide bonds. The summed E-state index contributed by atoms with van der Waals surface area (Å²) in [4.78, 5) is 21.0. The first-order valence-corrected chi connectivity index (χ1v) is 10.7. The van der Waals surface area contributed by atoms with E-state index in [2.05, 4.69) is 15.2 Å². The van der Waals surface area contributed by atoms with Crippen molar-refractivity contribution < 1.29 is 14.3 Å². The van der Waals surface area contributed by atoms with E-state index in [1.807, 2.05) is 47.6 Å². The highest BCUT2D eigenvalue weighted by molar-refractivity contribution is 5.89. The average molecular weight is 411 g/mol. The minimum absolute atomic E-state index is 0.0736. The van der Waals surface area contributed by atoms with Crippen LogP contribution in [0.25, 0.3) is 0 Å². The smallest absolute Gasteiger partial charge is 0.321 e. The molecular formula is C23H30N4O3. The SMILES string of the molecule is COc1ccc(NC(=O)N2CCN(Cc3ccncc3)CC2)cc1OC1CCCC1. The summed E-state index contributed by atoms with van der Waals surface area (Å²) in [5.74, 6) is 1.40. The van der Waals surface area contributed by atoms with Gasteiger partial charge in [-0.2, -0.15) is 0 Å². The standard InChI is InChI=1S/C23H30N4O3/c1-29-21-7-6-19(16-22(21)30-20-4-2-3-5-20)25-23(28)27-14-12-26(13-15-27)17-18-8-10-24-11-9-18/h6-11,16,20H,2-5,12-15,17H2,1H3,(H,25,28). The molecule has 2 fully saturated rings. The number of pyridine rings is 1. The van der Waals surface area contributed by atoms with Crippen molar-refractivity contribution in [1.82, 2.24) is 14.8 Å². The van der Waals surface area contributed by atoms with Crippen LogP contribution in [0.1, 0.15) is 31.2 Å². The molecule has 30 heavy (non-hydrogen) atoms. The number of carbonyl (C=O) groups is 1. The topological polar surface area (TPSA) is 66.9 Å². The number of methoxy groups -OCH3 is 1. The first-order chi connectivity index (χ1) is 14.7. The zero-order valence-corrected chi connectivity index (χ0v) is 17.5. The predicted molar refractivity (Wildman–Crippen MR) is 116 cm³/mol. The van der Waals surface area contributed by atoms with Crippen LogP contribution in [0.4, 0.5) is 10.5 Å². The Hall–Kier alpha value is -2.80. The summed E-state index contributed by atoms with van der Waals surface area (Å²) in [7, 11) is 1.64. The van der Waals surface area contributed by atoms with Gasteiger partial charge in [0.1, 0.15) is 0 Å². The van der Waals surface area contributed by atoms with Gasteiger partial charge in [0.15, 0.2) is 11.5 Å². The van der Waals surface area contributed by atoms with Gasteiger partial charge in [0.25, 0.3) is 0 Å². The van der Waals surface area contributed by atoms with Crippen LogP contribution in [-0.4, -0.2) is 60.2 Å². The second-order valence-corrected chi connectivity index (χ2v) is 7.94. The molecule has 1 aromatic heterocycles. The van der Waals surface area contributed by atoms with Crippen molar-refractivity contribution in [3.8, 4) is 11.5 Å². The highest BCUT2D eigenvalue weighted by atomic mass is 16.5. The van der Waals surface area contributed by atoms with Crippen LogP contribution in [0.2, 0.25) is 0 Å². The number of nitrogens with zero attached hydrogens (tertiary/aromatic N) is 3. The molecule has 0 radical (unpaired) electrons. The number of nitrogens with one attached hydrogen (secondary N) is 1. The van der Waals surface area contributed by atoms with Crippen LogP contribution < -0.4 is 14.8 Å². The van der Waals surface area contributed by atoms with Crippen molar-refractivity contribution in [3.05, 3.63) is 48.3 Å². The van der Waals surface area contributed by atoms with Crippen LogP contribution in [0.3, 0.4) is 0 Å². The van der Waals surface area contributed by atoms with Crippen molar-refractivity contribution in [1.29, 1.82) is 0 Å². The highest BCUT2D eigenvalue weighted by Crippen LogP contribution is 2.34. The number of piperazine rings is 1. The highest BCUT2D eigenvalue weighted by Gasteiger charge is 2.22. The number of anilines is 1. The van der Waals surface area contributed by atoms with Crippen molar-refractivity contribution in [3.63, 3.8) is 0 Å². The summed E-state index contributed by atoms with van der Waals surface area (Å²) in [5, 5.41) is 3.02. The molecule has 0 unspecified atom stereocenters. The van der Waals surface area contributed by atoms with E-state index in [4.69, 9.17) is 9.47 Å². The second-order valence-electron chi connectivity index (χ2n) is 7.94. The number of benzene rings is 1. The predicted octanol–water partition coefficient (Wildman–Crippen LogP) is 3.76. The third-order valence-electron chi connectivity index (χ3n) is 5.83. The Morgan fingerprint density at radius 3 is 2.50 bits per heavy atom. The molecule has 2 heterocycles. The van der Waals surface area contributed by atoms with Gasteiger partial charge in [0.05, 0.1) is 13.2 Å². The molecule has 0 atom stereocenters. The molecule has 1 aromatic carbocycles. The Balaban J connectivity index is 1.31. The van der Waals surface area contributed by atoms with Crippen molar-refractivity contribution in [2.45, 2.75) is 38.3 Å². The Morgan fingerprint density at radius 2 is 1.80 bits per heavy atom. The van der Waals surface area contributed by atoms with E-state index in [0.717, 1.165) is 38.2 Å². The maximum absolute atomic E-state index is 12.8. The summed E-state index contributed by atoms with van der Waals surface area (Å²) in [5.41, 5.74) is 1.98. The van der Waals surface area contributed by atoms with Gasteiger partial charge in [-0.1, -0.05) is 0 Å². The number of hydrogen-bond donors (Lipinski definition) is 1. The van der Waals surface area contributed by atoms with Gasteiger partial charge in [0, 0.05) is 56.9 Å². The van der Waals surface area contributed by atoms with Gasteiger partial charge in [-0.15, -0.1) is 0 Å². The van der Waals surface area contributed by atoms with E-state index in [-0.39, 0.29) is 12.1 Å². The van der Waals surface area contributed by atoms with Gasteiger partial charge >= 0.3 is 6.03 Å². The van der Waals surface area contributed by atoms with Crippen molar-refractivity contribution in [2.75, 3.05) is 38.6 Å². The molecule has 0 bridgehead atoms. The Bertz CT molecular complexity index is 832. The molecule has 160 valence electrons. The van der Waals surface area contributed by atoms with Gasteiger partial charge in [0.2, 0.25) is 0 Å². The van der Waals surface area contributed by atoms with Crippen LogP contribution >= 0.6 is 0 Å². The number of hydrogen-bond acceptors (Lipinski definition) is 5. The fourth-order valence-electron chi connectivity index (χ4n) is 4.09. The monoisotopic (exact) mass is 410 g/mol. The molecule has 0 spiro atoms. The summed E-state index contributed by atoms with van der Waals surface area (Å²) in [6, 6.07) is 9.58. The van der Waals surface area contributed by atoms with Gasteiger partial charge in [-0.05, 0) is 55.5 Å². The van der Waals surface area contributed by atoms with E-state index < -0.39 is 0 Å². The molecule has 2 aliphatic rings. The lowest BCUT2D eigenvalue weighted by Gasteiger charge is -2.34. The van der Waals surface area contributed by atoms with E-state index in [1.165, 1.54) is 18.4 Å². The van der Waals surface area contributed by atoms with E-state index in [0.29, 0.717) is 24.6 Å². The fraction of sp³-hybridized carbons (Fsp3) is 0.478. The maximum Gasteiger partial charge on any atom is 0.321 e.